The highest BCUT2D eigenvalue weighted by Crippen LogP contribution is 2.33. The Morgan fingerprint density at radius 3 is 2.40 bits per heavy atom. The van der Waals surface area contributed by atoms with Gasteiger partial charge in [-0.1, -0.05) is 41.1 Å². The normalized spacial score (nSPS) is 12.6. The van der Waals surface area contributed by atoms with Crippen LogP contribution in [0.5, 0.6) is 0 Å². The minimum atomic E-state index is -4.71. The second-order valence-electron chi connectivity index (χ2n) is 3.72. The van der Waals surface area contributed by atoms with E-state index in [-0.39, 0.29) is 21.9 Å². The van der Waals surface area contributed by atoms with Gasteiger partial charge in [0.05, 0.1) is 5.75 Å². The van der Waals surface area contributed by atoms with Crippen molar-refractivity contribution in [1.29, 1.82) is 0 Å². The molecule has 10 heteroatoms. The molecule has 2 aromatic rings. The number of nitrogens with zero attached hydrogens (tertiary/aromatic N) is 2. The molecular formula is C10H6ClF3N2O2S2. The van der Waals surface area contributed by atoms with E-state index < -0.39 is 31.1 Å². The van der Waals surface area contributed by atoms with Gasteiger partial charge in [0.25, 0.3) is 0 Å². The lowest BCUT2D eigenvalue weighted by Gasteiger charge is -2.03. The molecule has 0 spiro atoms. The predicted octanol–water partition coefficient (Wildman–Crippen LogP) is 3.18. The average molecular weight is 343 g/mol. The molecule has 1 heterocycles. The maximum atomic E-state index is 12.4. The lowest BCUT2D eigenvalue weighted by atomic mass is 10.2. The van der Waals surface area contributed by atoms with E-state index in [4.69, 9.17) is 11.6 Å². The summed E-state index contributed by atoms with van der Waals surface area (Å²) < 4.78 is 60.4. The number of rotatable bonds is 3. The number of benzene rings is 1. The molecule has 0 saturated heterocycles. The minimum absolute atomic E-state index is 0.00640. The van der Waals surface area contributed by atoms with Crippen molar-refractivity contribution in [3.05, 3.63) is 39.9 Å². The summed E-state index contributed by atoms with van der Waals surface area (Å²) in [4.78, 5) is 0. The standard InChI is InChI=1S/C10H6ClF3N2O2S2/c11-7-4-2-1-3-6(7)5-20(17,18)9-16-15-8(19-9)10(12,13)14/h1-4H,5H2. The van der Waals surface area contributed by atoms with Gasteiger partial charge in [0.1, 0.15) is 0 Å². The molecule has 0 saturated carbocycles. The molecule has 1 aromatic heterocycles. The third kappa shape index (κ3) is 3.28. The monoisotopic (exact) mass is 342 g/mol. The fourth-order valence-electron chi connectivity index (χ4n) is 1.33. The van der Waals surface area contributed by atoms with Gasteiger partial charge in [-0.15, -0.1) is 10.2 Å². The summed E-state index contributed by atoms with van der Waals surface area (Å²) in [5.74, 6) is -0.529. The van der Waals surface area contributed by atoms with Crippen LogP contribution in [0.15, 0.2) is 28.6 Å². The van der Waals surface area contributed by atoms with Crippen molar-refractivity contribution in [3.63, 3.8) is 0 Å². The van der Waals surface area contributed by atoms with Crippen LogP contribution >= 0.6 is 22.9 Å². The second-order valence-corrected chi connectivity index (χ2v) is 7.27. The molecule has 0 amide bonds. The van der Waals surface area contributed by atoms with Gasteiger partial charge in [-0.3, -0.25) is 0 Å². The number of halogens is 4. The third-order valence-electron chi connectivity index (χ3n) is 2.22. The molecule has 0 fully saturated rings. The van der Waals surface area contributed by atoms with E-state index in [1.54, 1.807) is 12.1 Å². The molecule has 0 radical (unpaired) electrons. The number of alkyl halides is 3. The van der Waals surface area contributed by atoms with Crippen LogP contribution in [0, 0.1) is 0 Å². The van der Waals surface area contributed by atoms with Gasteiger partial charge in [-0.05, 0) is 11.6 Å². The first kappa shape index (κ1) is 15.2. The van der Waals surface area contributed by atoms with Crippen molar-refractivity contribution >= 4 is 32.8 Å². The highest BCUT2D eigenvalue weighted by atomic mass is 35.5. The van der Waals surface area contributed by atoms with E-state index in [2.05, 4.69) is 10.2 Å². The van der Waals surface area contributed by atoms with Gasteiger partial charge in [0.15, 0.2) is 0 Å². The highest BCUT2D eigenvalue weighted by molar-refractivity contribution is 7.92. The summed E-state index contributed by atoms with van der Waals surface area (Å²) in [5.41, 5.74) is 0.290. The summed E-state index contributed by atoms with van der Waals surface area (Å²) >= 11 is 5.81. The van der Waals surface area contributed by atoms with E-state index in [1.807, 2.05) is 0 Å². The SMILES string of the molecule is O=S(=O)(Cc1ccccc1Cl)c1nnc(C(F)(F)F)s1. The van der Waals surface area contributed by atoms with Crippen LogP contribution in [0.2, 0.25) is 5.02 Å². The zero-order chi connectivity index (χ0) is 15.0. The Labute approximate surface area is 121 Å². The van der Waals surface area contributed by atoms with Crippen LogP contribution < -0.4 is 0 Å². The molecule has 0 N–H and O–H groups in total. The van der Waals surface area contributed by atoms with Gasteiger partial charge < -0.3 is 0 Å². The van der Waals surface area contributed by atoms with E-state index in [0.29, 0.717) is 0 Å². The van der Waals surface area contributed by atoms with Crippen LogP contribution in [-0.2, 0) is 21.8 Å². The van der Waals surface area contributed by atoms with Crippen LogP contribution in [0.3, 0.4) is 0 Å². The van der Waals surface area contributed by atoms with Gasteiger partial charge >= 0.3 is 6.18 Å². The molecule has 108 valence electrons. The largest absolute Gasteiger partial charge is 0.445 e. The second kappa shape index (κ2) is 5.30. The van der Waals surface area contributed by atoms with Gasteiger partial charge in [0, 0.05) is 5.02 Å². The van der Waals surface area contributed by atoms with Gasteiger partial charge in [0.2, 0.25) is 19.2 Å². The molecule has 0 aliphatic heterocycles. The summed E-state index contributed by atoms with van der Waals surface area (Å²) in [6.07, 6.45) is -4.71. The van der Waals surface area contributed by atoms with Crippen molar-refractivity contribution in [2.24, 2.45) is 0 Å². The van der Waals surface area contributed by atoms with Gasteiger partial charge in [-0.2, -0.15) is 13.2 Å². The molecule has 0 aliphatic carbocycles. The van der Waals surface area contributed by atoms with Crippen molar-refractivity contribution in [1.82, 2.24) is 10.2 Å². The summed E-state index contributed by atoms with van der Waals surface area (Å²) in [7, 11) is -4.01. The zero-order valence-corrected chi connectivity index (χ0v) is 11.9. The number of hydrogen-bond acceptors (Lipinski definition) is 5. The fraction of sp³-hybridized carbons (Fsp3) is 0.200. The topological polar surface area (TPSA) is 59.9 Å². The molecule has 0 unspecified atom stereocenters. The van der Waals surface area contributed by atoms with Crippen molar-refractivity contribution in [2.75, 3.05) is 0 Å². The smallest absolute Gasteiger partial charge is 0.221 e. The van der Waals surface area contributed by atoms with Crippen LogP contribution in [-0.4, -0.2) is 18.6 Å². The Kier molecular flexibility index (Phi) is 4.03. The Bertz CT molecular complexity index is 728. The molecule has 20 heavy (non-hydrogen) atoms. The van der Waals surface area contributed by atoms with Crippen molar-refractivity contribution in [2.45, 2.75) is 16.3 Å². The Morgan fingerprint density at radius 1 is 1.20 bits per heavy atom. The molecule has 1 aromatic carbocycles. The lowest BCUT2D eigenvalue weighted by molar-refractivity contribution is -0.138. The summed E-state index contributed by atoms with van der Waals surface area (Å²) in [6.45, 7) is 0. The molecule has 0 bridgehead atoms. The van der Waals surface area contributed by atoms with E-state index in [0.717, 1.165) is 0 Å². The zero-order valence-electron chi connectivity index (χ0n) is 9.56. The Hall–Kier alpha value is -1.19. The molecule has 2 rings (SSSR count). The van der Waals surface area contributed by atoms with Gasteiger partial charge in [-0.25, -0.2) is 8.42 Å². The van der Waals surface area contributed by atoms with Crippen molar-refractivity contribution in [3.8, 4) is 0 Å². The first-order valence-corrected chi connectivity index (χ1v) is 7.92. The summed E-state index contributed by atoms with van der Waals surface area (Å²) in [5, 5.41) is 4.87. The van der Waals surface area contributed by atoms with E-state index >= 15 is 0 Å². The lowest BCUT2D eigenvalue weighted by Crippen LogP contribution is -2.05. The number of hydrogen-bond donors (Lipinski definition) is 0. The number of sulfone groups is 1. The minimum Gasteiger partial charge on any atom is -0.221 e. The van der Waals surface area contributed by atoms with Crippen molar-refractivity contribution < 1.29 is 21.6 Å². The van der Waals surface area contributed by atoms with E-state index in [1.165, 1.54) is 12.1 Å². The Morgan fingerprint density at radius 2 is 1.85 bits per heavy atom. The maximum Gasteiger partial charge on any atom is 0.445 e. The third-order valence-corrected chi connectivity index (χ3v) is 5.67. The molecule has 0 aliphatic rings. The fourth-order valence-corrected chi connectivity index (χ4v) is 3.93. The predicted molar refractivity (Wildman–Crippen MR) is 67.3 cm³/mol. The first-order chi connectivity index (χ1) is 9.20. The average Bonchev–Trinajstić information content (AvgIpc) is 2.81. The van der Waals surface area contributed by atoms with Crippen LogP contribution in [0.4, 0.5) is 13.2 Å². The molecular weight excluding hydrogens is 337 g/mol. The summed E-state index contributed by atoms with van der Waals surface area (Å²) in [6, 6.07) is 6.17. The first-order valence-electron chi connectivity index (χ1n) is 5.07. The maximum absolute atomic E-state index is 12.4. The highest BCUT2D eigenvalue weighted by Gasteiger charge is 2.37. The van der Waals surface area contributed by atoms with E-state index in [9.17, 15) is 21.6 Å². The number of aromatic nitrogens is 2. The molecule has 0 atom stereocenters. The molecule has 4 nitrogen and oxygen atoms in total. The quantitative estimate of drug-likeness (QED) is 0.859. The van der Waals surface area contributed by atoms with Crippen LogP contribution in [0.25, 0.3) is 0 Å². The van der Waals surface area contributed by atoms with Crippen LogP contribution in [0.1, 0.15) is 10.6 Å². The Balaban J connectivity index is 2.32.